The predicted octanol–water partition coefficient (Wildman–Crippen LogP) is 2.44. The van der Waals surface area contributed by atoms with Gasteiger partial charge in [0.25, 0.3) is 0 Å². The Morgan fingerprint density at radius 3 is 2.07 bits per heavy atom. The molecule has 15 heavy (non-hydrogen) atoms. The van der Waals surface area contributed by atoms with E-state index in [-0.39, 0.29) is 16.6 Å². The van der Waals surface area contributed by atoms with E-state index in [2.05, 4.69) is 5.10 Å². The molecule has 2 aromatic rings. The van der Waals surface area contributed by atoms with Gasteiger partial charge in [-0.25, -0.2) is 17.6 Å². The molecule has 0 bridgehead atoms. The van der Waals surface area contributed by atoms with Gasteiger partial charge >= 0.3 is 0 Å². The summed E-state index contributed by atoms with van der Waals surface area (Å²) in [5, 5.41) is 3.37. The zero-order chi connectivity index (χ0) is 11.3. The Kier molecular flexibility index (Phi) is 1.95. The number of fused-ring (bicyclic) bond motifs is 1. The van der Waals surface area contributed by atoms with Gasteiger partial charge in [0.2, 0.25) is 0 Å². The van der Waals surface area contributed by atoms with Crippen LogP contribution in [0.2, 0.25) is 0 Å². The highest BCUT2D eigenvalue weighted by atomic mass is 19.2. The quantitative estimate of drug-likeness (QED) is 0.377. The summed E-state index contributed by atoms with van der Waals surface area (Å²) >= 11 is 0. The summed E-state index contributed by atoms with van der Waals surface area (Å²) in [6.07, 6.45) is 0. The third kappa shape index (κ3) is 1.14. The summed E-state index contributed by atoms with van der Waals surface area (Å²) in [6.45, 7) is 1.39. The fourth-order valence-corrected chi connectivity index (χ4v) is 1.58. The molecule has 2 rings (SSSR count). The molecule has 2 nitrogen and oxygen atoms in total. The third-order valence-electron chi connectivity index (χ3n) is 2.23. The first-order valence-corrected chi connectivity index (χ1v) is 4.10. The van der Waals surface area contributed by atoms with Gasteiger partial charge in [-0.15, -0.1) is 0 Å². The van der Waals surface area contributed by atoms with Crippen molar-refractivity contribution in [3.63, 3.8) is 0 Å². The van der Waals surface area contributed by atoms with Gasteiger partial charge in [-0.05, 0) is 6.92 Å². The molecule has 1 aromatic heterocycles. The number of aromatic nitrogens is 2. The Labute approximate surface area is 82.1 Å². The summed E-state index contributed by atoms with van der Waals surface area (Å²) in [6, 6.07) is 0. The van der Waals surface area contributed by atoms with Crippen molar-refractivity contribution in [3.05, 3.63) is 29.0 Å². The van der Waals surface area contributed by atoms with Gasteiger partial charge in [-0.2, -0.15) is 5.10 Å². The average molecular weight is 218 g/mol. The number of aryl methyl sites for hydroxylation is 2. The molecule has 1 heterocycles. The minimum absolute atomic E-state index is 0.114. The predicted molar refractivity (Wildman–Crippen MR) is 45.3 cm³/mol. The second-order valence-corrected chi connectivity index (χ2v) is 3.19. The average Bonchev–Trinajstić information content (AvgIpc) is 2.47. The van der Waals surface area contributed by atoms with Crippen LogP contribution < -0.4 is 0 Å². The van der Waals surface area contributed by atoms with E-state index < -0.39 is 23.3 Å². The smallest absolute Gasteiger partial charge is 0.199 e. The lowest BCUT2D eigenvalue weighted by Gasteiger charge is -2.01. The summed E-state index contributed by atoms with van der Waals surface area (Å²) in [5.41, 5.74) is -0.258. The van der Waals surface area contributed by atoms with Crippen LogP contribution in [-0.4, -0.2) is 9.78 Å². The molecule has 6 heteroatoms. The number of rotatable bonds is 0. The Bertz CT molecular complexity index is 511. The summed E-state index contributed by atoms with van der Waals surface area (Å²) < 4.78 is 53.3. The van der Waals surface area contributed by atoms with E-state index in [9.17, 15) is 17.6 Å². The summed E-state index contributed by atoms with van der Waals surface area (Å²) in [7, 11) is 1.33. The van der Waals surface area contributed by atoms with Gasteiger partial charge in [0.1, 0.15) is 5.52 Å². The normalized spacial score (nSPS) is 11.3. The van der Waals surface area contributed by atoms with Gasteiger partial charge in [-0.1, -0.05) is 0 Å². The first-order chi connectivity index (χ1) is 6.95. The van der Waals surface area contributed by atoms with Crippen molar-refractivity contribution in [3.8, 4) is 0 Å². The molecular formula is C9H6F4N2. The maximum atomic E-state index is 13.3. The minimum atomic E-state index is -1.82. The maximum Gasteiger partial charge on any atom is 0.199 e. The monoisotopic (exact) mass is 218 g/mol. The zero-order valence-electron chi connectivity index (χ0n) is 7.91. The standard InChI is InChI=1S/C9H6F4N2/c1-3-4-5(10)6(11)7(12)8(13)9(4)15(2)14-3/h1-2H3. The maximum absolute atomic E-state index is 13.3. The SMILES string of the molecule is Cc1nn(C)c2c(F)c(F)c(F)c(F)c12. The van der Waals surface area contributed by atoms with Crippen molar-refractivity contribution in [2.45, 2.75) is 6.92 Å². The largest absolute Gasteiger partial charge is 0.264 e. The molecule has 0 aliphatic heterocycles. The van der Waals surface area contributed by atoms with Crippen LogP contribution in [0.15, 0.2) is 0 Å². The number of halogens is 4. The van der Waals surface area contributed by atoms with Crippen molar-refractivity contribution in [1.82, 2.24) is 9.78 Å². The van der Waals surface area contributed by atoms with Crippen molar-refractivity contribution < 1.29 is 17.6 Å². The van der Waals surface area contributed by atoms with E-state index in [1.54, 1.807) is 0 Å². The van der Waals surface area contributed by atoms with E-state index in [1.807, 2.05) is 0 Å². The molecule has 0 fully saturated rings. The van der Waals surface area contributed by atoms with Crippen LogP contribution in [0.4, 0.5) is 17.6 Å². The van der Waals surface area contributed by atoms with Crippen molar-refractivity contribution >= 4 is 10.9 Å². The molecule has 0 aliphatic carbocycles. The van der Waals surface area contributed by atoms with Crippen LogP contribution >= 0.6 is 0 Å². The fraction of sp³-hybridized carbons (Fsp3) is 0.222. The van der Waals surface area contributed by atoms with E-state index in [1.165, 1.54) is 14.0 Å². The molecule has 0 saturated carbocycles. The Morgan fingerprint density at radius 2 is 1.47 bits per heavy atom. The second kappa shape index (κ2) is 2.95. The van der Waals surface area contributed by atoms with E-state index in [4.69, 9.17) is 0 Å². The van der Waals surface area contributed by atoms with Gasteiger partial charge < -0.3 is 0 Å². The molecule has 1 aromatic carbocycles. The highest BCUT2D eigenvalue weighted by Gasteiger charge is 2.24. The van der Waals surface area contributed by atoms with Gasteiger partial charge in [0.15, 0.2) is 23.3 Å². The van der Waals surface area contributed by atoms with Crippen LogP contribution in [-0.2, 0) is 7.05 Å². The molecule has 80 valence electrons. The van der Waals surface area contributed by atoms with E-state index in [0.29, 0.717) is 0 Å². The lowest BCUT2D eigenvalue weighted by Crippen LogP contribution is -2.00. The van der Waals surface area contributed by atoms with Crippen LogP contribution in [0, 0.1) is 30.2 Å². The van der Waals surface area contributed by atoms with Gasteiger partial charge in [-0.3, -0.25) is 4.68 Å². The highest BCUT2D eigenvalue weighted by Crippen LogP contribution is 2.28. The molecule has 0 aliphatic rings. The minimum Gasteiger partial charge on any atom is -0.264 e. The fourth-order valence-electron chi connectivity index (χ4n) is 1.58. The number of hydrogen-bond acceptors (Lipinski definition) is 1. The molecular weight excluding hydrogens is 212 g/mol. The van der Waals surface area contributed by atoms with E-state index in [0.717, 1.165) is 4.68 Å². The van der Waals surface area contributed by atoms with Crippen molar-refractivity contribution in [2.75, 3.05) is 0 Å². The van der Waals surface area contributed by atoms with Crippen LogP contribution in [0.3, 0.4) is 0 Å². The van der Waals surface area contributed by atoms with Crippen LogP contribution in [0.5, 0.6) is 0 Å². The molecule has 0 amide bonds. The first kappa shape index (κ1) is 9.95. The second-order valence-electron chi connectivity index (χ2n) is 3.19. The summed E-state index contributed by atoms with van der Waals surface area (Å²) in [5.74, 6) is -6.46. The molecule has 0 spiro atoms. The lowest BCUT2D eigenvalue weighted by atomic mass is 10.2. The topological polar surface area (TPSA) is 17.8 Å². The van der Waals surface area contributed by atoms with Gasteiger partial charge in [0.05, 0.1) is 11.1 Å². The molecule has 0 atom stereocenters. The number of nitrogens with zero attached hydrogens (tertiary/aromatic N) is 2. The Balaban J connectivity index is 3.10. The zero-order valence-corrected chi connectivity index (χ0v) is 7.91. The van der Waals surface area contributed by atoms with E-state index >= 15 is 0 Å². The van der Waals surface area contributed by atoms with Gasteiger partial charge in [0, 0.05) is 7.05 Å². The first-order valence-electron chi connectivity index (χ1n) is 4.10. The molecule has 0 N–H and O–H groups in total. The Hall–Kier alpha value is -1.59. The van der Waals surface area contributed by atoms with Crippen molar-refractivity contribution in [1.29, 1.82) is 0 Å². The van der Waals surface area contributed by atoms with Crippen LogP contribution in [0.1, 0.15) is 5.69 Å². The van der Waals surface area contributed by atoms with Crippen LogP contribution in [0.25, 0.3) is 10.9 Å². The number of benzene rings is 1. The third-order valence-corrected chi connectivity index (χ3v) is 2.23. The Morgan fingerprint density at radius 1 is 0.933 bits per heavy atom. The molecule has 0 saturated heterocycles. The lowest BCUT2D eigenvalue weighted by molar-refractivity contribution is 0.416. The molecule has 0 radical (unpaired) electrons. The molecule has 0 unspecified atom stereocenters. The summed E-state index contributed by atoms with van der Waals surface area (Å²) in [4.78, 5) is 0. The highest BCUT2D eigenvalue weighted by molar-refractivity contribution is 5.83. The number of hydrogen-bond donors (Lipinski definition) is 0. The van der Waals surface area contributed by atoms with Crippen molar-refractivity contribution in [2.24, 2.45) is 7.05 Å².